The molecule has 0 aliphatic heterocycles. The van der Waals surface area contributed by atoms with Gasteiger partial charge in [-0.2, -0.15) is 4.98 Å². The van der Waals surface area contributed by atoms with E-state index < -0.39 is 0 Å². The second kappa shape index (κ2) is 5.95. The lowest BCUT2D eigenvalue weighted by Crippen LogP contribution is -2.24. The summed E-state index contributed by atoms with van der Waals surface area (Å²) in [5.74, 6) is 0.294. The van der Waals surface area contributed by atoms with Crippen LogP contribution in [-0.2, 0) is 0 Å². The lowest BCUT2D eigenvalue weighted by atomic mass is 9.95. The molecule has 0 saturated heterocycles. The molecule has 1 fully saturated rings. The van der Waals surface area contributed by atoms with Crippen LogP contribution in [0.2, 0.25) is 0 Å². The number of nitrogens with zero attached hydrogens (tertiary/aromatic N) is 3. The molecule has 1 saturated carbocycles. The van der Waals surface area contributed by atoms with Gasteiger partial charge in [-0.3, -0.25) is 9.36 Å². The number of anilines is 2. The van der Waals surface area contributed by atoms with Crippen molar-refractivity contribution in [3.8, 4) is 0 Å². The first-order valence-corrected chi connectivity index (χ1v) is 8.14. The van der Waals surface area contributed by atoms with Gasteiger partial charge in [-0.25, -0.2) is 9.78 Å². The molecular weight excluding hydrogens is 308 g/mol. The Morgan fingerprint density at radius 2 is 2.04 bits per heavy atom. The third-order valence-electron chi connectivity index (χ3n) is 4.46. The monoisotopic (exact) mass is 326 g/mol. The molecule has 0 unspecified atom stereocenters. The maximum Gasteiger partial charge on any atom is 0.327 e. The molecule has 3 N–H and O–H groups in total. The molecule has 1 aliphatic rings. The minimum atomic E-state index is -0.250. The number of aromatic amines is 2. The first kappa shape index (κ1) is 14.7. The van der Waals surface area contributed by atoms with Crippen molar-refractivity contribution in [2.24, 2.45) is 0 Å². The number of hydrogen-bond acceptors (Lipinski definition) is 5. The second-order valence-electron chi connectivity index (χ2n) is 6.06. The van der Waals surface area contributed by atoms with Gasteiger partial charge < -0.3 is 15.3 Å². The molecule has 4 rings (SSSR count). The van der Waals surface area contributed by atoms with Crippen LogP contribution in [0, 0.1) is 0 Å². The lowest BCUT2D eigenvalue weighted by molar-refractivity contribution is 0.352. The van der Waals surface area contributed by atoms with E-state index in [9.17, 15) is 9.59 Å². The van der Waals surface area contributed by atoms with Crippen molar-refractivity contribution in [3.63, 3.8) is 0 Å². The highest BCUT2D eigenvalue weighted by atomic mass is 16.1. The van der Waals surface area contributed by atoms with Gasteiger partial charge in [-0.05, 0) is 25.0 Å². The van der Waals surface area contributed by atoms with Gasteiger partial charge in [0, 0.05) is 12.2 Å². The molecule has 0 radical (unpaired) electrons. The van der Waals surface area contributed by atoms with Gasteiger partial charge in [0.05, 0.1) is 6.20 Å². The topological polar surface area (TPSA) is 108 Å². The number of aromatic nitrogens is 5. The Labute approximate surface area is 137 Å². The first-order chi connectivity index (χ1) is 11.7. The number of fused-ring (bicyclic) bond motifs is 1. The fourth-order valence-corrected chi connectivity index (χ4v) is 3.29. The highest BCUT2D eigenvalue weighted by Gasteiger charge is 2.21. The summed E-state index contributed by atoms with van der Waals surface area (Å²) < 4.78 is 1.73. The molecule has 0 aromatic carbocycles. The Kier molecular flexibility index (Phi) is 3.64. The van der Waals surface area contributed by atoms with Crippen molar-refractivity contribution in [1.29, 1.82) is 0 Å². The lowest BCUT2D eigenvalue weighted by Gasteiger charge is -2.22. The Morgan fingerprint density at radius 1 is 1.21 bits per heavy atom. The molecule has 1 aliphatic carbocycles. The van der Waals surface area contributed by atoms with Crippen molar-refractivity contribution in [1.82, 2.24) is 24.5 Å². The van der Waals surface area contributed by atoms with Crippen LogP contribution < -0.4 is 16.6 Å². The maximum atomic E-state index is 12.3. The minimum absolute atomic E-state index is 0.152. The minimum Gasteiger partial charge on any atom is -0.327 e. The average Bonchev–Trinajstić information content (AvgIpc) is 2.93. The second-order valence-corrected chi connectivity index (χ2v) is 6.06. The summed E-state index contributed by atoms with van der Waals surface area (Å²) in [5, 5.41) is 2.91. The van der Waals surface area contributed by atoms with Crippen molar-refractivity contribution >= 4 is 22.8 Å². The highest BCUT2D eigenvalue weighted by molar-refractivity contribution is 5.71. The molecule has 124 valence electrons. The maximum absolute atomic E-state index is 12.3. The summed E-state index contributed by atoms with van der Waals surface area (Å²) in [7, 11) is 0. The van der Waals surface area contributed by atoms with Crippen LogP contribution in [0.3, 0.4) is 0 Å². The van der Waals surface area contributed by atoms with E-state index >= 15 is 0 Å². The number of nitrogens with one attached hydrogen (secondary N) is 3. The molecule has 8 nitrogen and oxygen atoms in total. The van der Waals surface area contributed by atoms with Crippen molar-refractivity contribution in [3.05, 3.63) is 45.4 Å². The molecule has 3 aromatic rings. The molecular formula is C16H18N6O2. The molecule has 0 amide bonds. The van der Waals surface area contributed by atoms with Gasteiger partial charge >= 0.3 is 5.69 Å². The van der Waals surface area contributed by atoms with E-state index in [1.807, 2.05) is 0 Å². The molecule has 0 atom stereocenters. The molecule has 0 spiro atoms. The molecule has 3 heterocycles. The SMILES string of the molecule is O=c1[nH]cccc1Nc1ncc2[nH]c(=O)n(C3CCCCC3)c2n1. The highest BCUT2D eigenvalue weighted by Crippen LogP contribution is 2.29. The van der Waals surface area contributed by atoms with Crippen LogP contribution in [0.15, 0.2) is 34.1 Å². The van der Waals surface area contributed by atoms with Gasteiger partial charge in [0.1, 0.15) is 11.2 Å². The predicted molar refractivity (Wildman–Crippen MR) is 90.6 cm³/mol. The van der Waals surface area contributed by atoms with Crippen LogP contribution in [0.5, 0.6) is 0 Å². The summed E-state index contributed by atoms with van der Waals surface area (Å²) >= 11 is 0. The van der Waals surface area contributed by atoms with Crippen LogP contribution in [0.1, 0.15) is 38.1 Å². The van der Waals surface area contributed by atoms with Crippen molar-refractivity contribution in [2.45, 2.75) is 38.1 Å². The zero-order valence-electron chi connectivity index (χ0n) is 13.1. The van der Waals surface area contributed by atoms with Crippen LogP contribution in [0.25, 0.3) is 11.2 Å². The third kappa shape index (κ3) is 2.60. The Hall–Kier alpha value is -2.90. The van der Waals surface area contributed by atoms with Crippen molar-refractivity contribution in [2.75, 3.05) is 5.32 Å². The van der Waals surface area contributed by atoms with E-state index in [-0.39, 0.29) is 17.3 Å². The van der Waals surface area contributed by atoms with E-state index in [2.05, 4.69) is 25.3 Å². The Morgan fingerprint density at radius 3 is 2.83 bits per heavy atom. The largest absolute Gasteiger partial charge is 0.327 e. The van der Waals surface area contributed by atoms with E-state index in [4.69, 9.17) is 0 Å². The summed E-state index contributed by atoms with van der Waals surface area (Å²) in [4.78, 5) is 38.1. The fourth-order valence-electron chi connectivity index (χ4n) is 3.29. The van der Waals surface area contributed by atoms with Gasteiger partial charge in [0.2, 0.25) is 5.95 Å². The van der Waals surface area contributed by atoms with Crippen LogP contribution >= 0.6 is 0 Å². The van der Waals surface area contributed by atoms with E-state index in [0.717, 1.165) is 25.7 Å². The third-order valence-corrected chi connectivity index (χ3v) is 4.46. The quantitative estimate of drug-likeness (QED) is 0.682. The number of hydrogen-bond donors (Lipinski definition) is 3. The summed E-state index contributed by atoms with van der Waals surface area (Å²) in [6, 6.07) is 3.54. The fraction of sp³-hybridized carbons (Fsp3) is 0.375. The molecule has 24 heavy (non-hydrogen) atoms. The molecule has 8 heteroatoms. The number of H-pyrrole nitrogens is 2. The van der Waals surface area contributed by atoms with Crippen molar-refractivity contribution < 1.29 is 0 Å². The first-order valence-electron chi connectivity index (χ1n) is 8.14. The van der Waals surface area contributed by atoms with Gasteiger partial charge in [-0.15, -0.1) is 0 Å². The number of pyridine rings is 1. The average molecular weight is 326 g/mol. The Bertz CT molecular complexity index is 980. The zero-order chi connectivity index (χ0) is 16.5. The zero-order valence-corrected chi connectivity index (χ0v) is 13.1. The Balaban J connectivity index is 1.75. The van der Waals surface area contributed by atoms with Crippen LogP contribution in [0.4, 0.5) is 11.6 Å². The van der Waals surface area contributed by atoms with Gasteiger partial charge in [-0.1, -0.05) is 19.3 Å². The standard InChI is InChI=1S/C16H18N6O2/c23-14-11(7-4-8-17-14)19-15-18-9-12-13(21-15)22(16(24)20-12)10-5-2-1-3-6-10/h4,7-10H,1-3,5-6H2,(H,17,23)(H,20,24)(H,18,19,21). The molecule has 0 bridgehead atoms. The number of imidazole rings is 1. The van der Waals surface area contributed by atoms with E-state index in [0.29, 0.717) is 22.8 Å². The summed E-state index contributed by atoms with van der Waals surface area (Å²) in [6.07, 6.45) is 8.56. The number of rotatable bonds is 3. The van der Waals surface area contributed by atoms with E-state index in [1.54, 1.807) is 29.1 Å². The smallest absolute Gasteiger partial charge is 0.327 e. The van der Waals surface area contributed by atoms with Gasteiger partial charge in [0.15, 0.2) is 5.65 Å². The van der Waals surface area contributed by atoms with E-state index in [1.165, 1.54) is 6.42 Å². The molecule has 3 aromatic heterocycles. The van der Waals surface area contributed by atoms with Gasteiger partial charge in [0.25, 0.3) is 5.56 Å². The predicted octanol–water partition coefficient (Wildman–Crippen LogP) is 2.06. The normalized spacial score (nSPS) is 15.7. The summed E-state index contributed by atoms with van der Waals surface area (Å²) in [6.45, 7) is 0. The van der Waals surface area contributed by atoms with Crippen LogP contribution in [-0.4, -0.2) is 24.5 Å². The summed E-state index contributed by atoms with van der Waals surface area (Å²) in [5.41, 5.74) is 1.15.